The van der Waals surface area contributed by atoms with Gasteiger partial charge in [-0.2, -0.15) is 0 Å². The standard InChI is InChI=1S/C36H43N4O3.ClH/c1-7-37(8-2)26-15-17-30-32(23-26)43-33-24-27(38(9-3)10-4)16-18-31(33)34(30)28-13-11-12-14-29(28)36(42)40-21-19-39(20-22-40)35(41)25(5)6;/h11-18,23-24H,5,7-10,19-22H2,1-4,6H3;1H/q+1;/p-1. The van der Waals surface area contributed by atoms with Gasteiger partial charge in [-0.1, -0.05) is 24.8 Å². The Bertz CT molecular complexity index is 1710. The Morgan fingerprint density at radius 1 is 0.864 bits per heavy atom. The third-order valence-electron chi connectivity index (χ3n) is 8.59. The Morgan fingerprint density at radius 3 is 2.16 bits per heavy atom. The highest BCUT2D eigenvalue weighted by Gasteiger charge is 2.28. The molecule has 0 aromatic heterocycles. The van der Waals surface area contributed by atoms with E-state index in [9.17, 15) is 9.59 Å². The van der Waals surface area contributed by atoms with Gasteiger partial charge in [0.25, 0.3) is 5.91 Å². The molecule has 1 fully saturated rings. The van der Waals surface area contributed by atoms with Crippen molar-refractivity contribution in [2.45, 2.75) is 34.6 Å². The van der Waals surface area contributed by atoms with E-state index in [-0.39, 0.29) is 24.2 Å². The number of carbonyl (C=O) groups excluding carboxylic acids is 2. The van der Waals surface area contributed by atoms with Gasteiger partial charge in [-0.15, -0.1) is 0 Å². The molecule has 232 valence electrons. The Labute approximate surface area is 266 Å². The maximum Gasteiger partial charge on any atom is 0.254 e. The predicted octanol–water partition coefficient (Wildman–Crippen LogP) is 2.73. The summed E-state index contributed by atoms with van der Waals surface area (Å²) in [5.74, 6) is 0.712. The number of fused-ring (bicyclic) bond motifs is 2. The fourth-order valence-electron chi connectivity index (χ4n) is 6.17. The summed E-state index contributed by atoms with van der Waals surface area (Å²) in [4.78, 5) is 32.5. The molecule has 2 amide bonds. The van der Waals surface area contributed by atoms with Crippen molar-refractivity contribution in [2.75, 3.05) is 57.3 Å². The molecule has 3 aliphatic rings. The lowest BCUT2D eigenvalue weighted by molar-refractivity contribution is -0.128. The van der Waals surface area contributed by atoms with Gasteiger partial charge in [0.05, 0.1) is 6.07 Å². The number of carbonyl (C=O) groups is 2. The first-order valence-corrected chi connectivity index (χ1v) is 15.5. The van der Waals surface area contributed by atoms with Crippen LogP contribution in [0.2, 0.25) is 0 Å². The molecule has 0 atom stereocenters. The van der Waals surface area contributed by atoms with Crippen molar-refractivity contribution in [3.05, 3.63) is 83.7 Å². The molecule has 0 radical (unpaired) electrons. The van der Waals surface area contributed by atoms with E-state index in [0.717, 1.165) is 70.6 Å². The second kappa shape index (κ2) is 14.1. The van der Waals surface area contributed by atoms with Crippen LogP contribution in [-0.2, 0) is 4.79 Å². The topological polar surface area (TPSA) is 60.0 Å². The molecule has 7 nitrogen and oxygen atoms in total. The van der Waals surface area contributed by atoms with Crippen LogP contribution in [0.4, 0.5) is 5.69 Å². The smallest absolute Gasteiger partial charge is 0.254 e. The Balaban J connectivity index is 0.00000442. The SMILES string of the molecule is C=C(C)C(=O)N1CCN(C(=O)c2ccccc2-c2c3ccc(=[N+](CC)CC)cc-3oc3cc(N(CC)CC)ccc23)CC1.[Cl-]. The van der Waals surface area contributed by atoms with E-state index in [0.29, 0.717) is 37.3 Å². The molecule has 0 spiro atoms. The van der Waals surface area contributed by atoms with Crippen LogP contribution in [0.1, 0.15) is 45.0 Å². The Hall–Kier alpha value is -4.10. The van der Waals surface area contributed by atoms with Gasteiger partial charge in [-0.05, 0) is 64.4 Å². The van der Waals surface area contributed by atoms with Gasteiger partial charge in [-0.25, -0.2) is 4.58 Å². The maximum absolute atomic E-state index is 14.1. The van der Waals surface area contributed by atoms with Crippen LogP contribution < -0.4 is 27.2 Å². The van der Waals surface area contributed by atoms with Crippen molar-refractivity contribution in [3.63, 3.8) is 0 Å². The molecule has 1 saturated heterocycles. The van der Waals surface area contributed by atoms with Crippen molar-refractivity contribution in [1.82, 2.24) is 14.4 Å². The van der Waals surface area contributed by atoms with E-state index >= 15 is 0 Å². The van der Waals surface area contributed by atoms with E-state index < -0.39 is 0 Å². The first-order chi connectivity index (χ1) is 20.8. The lowest BCUT2D eigenvalue weighted by atomic mass is 9.90. The molecule has 8 heteroatoms. The monoisotopic (exact) mass is 614 g/mol. The van der Waals surface area contributed by atoms with Crippen molar-refractivity contribution in [2.24, 2.45) is 0 Å². The van der Waals surface area contributed by atoms with E-state index in [4.69, 9.17) is 4.42 Å². The highest BCUT2D eigenvalue weighted by molar-refractivity contribution is 6.09. The minimum absolute atomic E-state index is 0. The maximum atomic E-state index is 14.1. The summed E-state index contributed by atoms with van der Waals surface area (Å²) in [7, 11) is 0. The zero-order valence-electron chi connectivity index (χ0n) is 26.5. The van der Waals surface area contributed by atoms with Crippen molar-refractivity contribution in [3.8, 4) is 22.5 Å². The number of halogens is 1. The van der Waals surface area contributed by atoms with E-state index in [2.05, 4.69) is 80.1 Å². The fraction of sp³-hybridized carbons (Fsp3) is 0.361. The average molecular weight is 615 g/mol. The Morgan fingerprint density at radius 2 is 1.52 bits per heavy atom. The number of hydrogen-bond acceptors (Lipinski definition) is 4. The van der Waals surface area contributed by atoms with Crippen LogP contribution in [0.15, 0.2) is 77.2 Å². The molecule has 0 bridgehead atoms. The van der Waals surface area contributed by atoms with Gasteiger partial charge in [0.1, 0.15) is 24.4 Å². The average Bonchev–Trinajstić information content (AvgIpc) is 3.04. The predicted molar refractivity (Wildman–Crippen MR) is 175 cm³/mol. The summed E-state index contributed by atoms with van der Waals surface area (Å²) in [5, 5.41) is 2.08. The summed E-state index contributed by atoms with van der Waals surface area (Å²) in [6.45, 7) is 19.7. The van der Waals surface area contributed by atoms with Crippen LogP contribution in [0, 0.1) is 0 Å². The van der Waals surface area contributed by atoms with Gasteiger partial charge in [0.2, 0.25) is 11.3 Å². The molecule has 0 saturated carbocycles. The van der Waals surface area contributed by atoms with Gasteiger partial charge in [0, 0.05) is 84.7 Å². The largest absolute Gasteiger partial charge is 1.00 e. The molecule has 5 rings (SSSR count). The van der Waals surface area contributed by atoms with Gasteiger partial charge in [0.15, 0.2) is 0 Å². The minimum Gasteiger partial charge on any atom is -1.00 e. The van der Waals surface area contributed by atoms with Crippen molar-refractivity contribution in [1.29, 1.82) is 0 Å². The van der Waals surface area contributed by atoms with Crippen LogP contribution in [0.3, 0.4) is 0 Å². The zero-order valence-corrected chi connectivity index (χ0v) is 27.3. The molecule has 44 heavy (non-hydrogen) atoms. The van der Waals surface area contributed by atoms with Crippen LogP contribution in [0.25, 0.3) is 33.4 Å². The molecule has 0 N–H and O–H groups in total. The lowest BCUT2D eigenvalue weighted by Crippen LogP contribution is -3.00. The van der Waals surface area contributed by atoms with Gasteiger partial charge in [-0.3, -0.25) is 9.59 Å². The number of nitrogens with zero attached hydrogens (tertiary/aromatic N) is 4. The second-order valence-electron chi connectivity index (χ2n) is 11.1. The lowest BCUT2D eigenvalue weighted by Gasteiger charge is -2.35. The molecule has 1 aliphatic carbocycles. The molecule has 0 unspecified atom stereocenters. The normalized spacial score (nSPS) is 13.1. The number of hydrogen-bond donors (Lipinski definition) is 0. The number of benzene rings is 3. The Kier molecular flexibility index (Phi) is 10.5. The van der Waals surface area contributed by atoms with Crippen molar-refractivity contribution >= 4 is 28.5 Å². The van der Waals surface area contributed by atoms with E-state index in [1.54, 1.807) is 11.8 Å². The van der Waals surface area contributed by atoms with Gasteiger partial charge < -0.3 is 31.5 Å². The molecule has 2 aromatic rings. The van der Waals surface area contributed by atoms with Crippen molar-refractivity contribution < 1.29 is 26.4 Å². The van der Waals surface area contributed by atoms with Crippen LogP contribution in [0.5, 0.6) is 0 Å². The first kappa shape index (κ1) is 32.8. The number of amides is 2. The third-order valence-corrected chi connectivity index (χ3v) is 8.59. The summed E-state index contributed by atoms with van der Waals surface area (Å²) in [6, 6.07) is 20.7. The second-order valence-corrected chi connectivity index (χ2v) is 11.1. The summed E-state index contributed by atoms with van der Waals surface area (Å²) < 4.78 is 8.95. The zero-order chi connectivity index (χ0) is 30.7. The molecule has 2 aliphatic heterocycles. The van der Waals surface area contributed by atoms with E-state index in [1.807, 2.05) is 29.2 Å². The molecule has 2 heterocycles. The highest BCUT2D eigenvalue weighted by atomic mass is 35.5. The number of piperazine rings is 1. The summed E-state index contributed by atoms with van der Waals surface area (Å²) in [5.41, 5.74) is 5.91. The van der Waals surface area contributed by atoms with Gasteiger partial charge >= 0.3 is 0 Å². The number of rotatable bonds is 8. The highest BCUT2D eigenvalue weighted by Crippen LogP contribution is 2.42. The van der Waals surface area contributed by atoms with E-state index in [1.165, 1.54) is 0 Å². The van der Waals surface area contributed by atoms with Crippen LogP contribution >= 0.6 is 0 Å². The minimum atomic E-state index is -0.0494. The third kappa shape index (κ3) is 6.25. The first-order valence-electron chi connectivity index (χ1n) is 15.5. The quantitative estimate of drug-likeness (QED) is 0.174. The van der Waals surface area contributed by atoms with Crippen LogP contribution in [-0.4, -0.2) is 74.0 Å². The summed E-state index contributed by atoms with van der Waals surface area (Å²) >= 11 is 0. The fourth-order valence-corrected chi connectivity index (χ4v) is 6.17. The molecular weight excluding hydrogens is 572 g/mol. The molecule has 2 aromatic carbocycles. The summed E-state index contributed by atoms with van der Waals surface area (Å²) in [6.07, 6.45) is 0. The molecular formula is C36H43ClN4O3. The number of anilines is 1.